The second kappa shape index (κ2) is 6.53. The van der Waals surface area contributed by atoms with Crippen LogP contribution in [0.4, 0.5) is 0 Å². The fraction of sp³-hybridized carbons (Fsp3) is 0.238. The summed E-state index contributed by atoms with van der Waals surface area (Å²) in [5, 5.41) is 15.5. The third kappa shape index (κ3) is 2.54. The number of rotatable bonds is 3. The van der Waals surface area contributed by atoms with Gasteiger partial charge in [0.25, 0.3) is 0 Å². The molecule has 1 aromatic carbocycles. The van der Waals surface area contributed by atoms with Gasteiger partial charge in [-0.1, -0.05) is 24.3 Å². The zero-order valence-electron chi connectivity index (χ0n) is 15.5. The number of aryl methyl sites for hydroxylation is 1. The number of carbonyl (C=O) groups is 1. The number of carbonyl (C=O) groups excluding carboxylic acids is 1. The minimum Gasteiger partial charge on any atom is -0.496 e. The van der Waals surface area contributed by atoms with Crippen molar-refractivity contribution in [3.8, 4) is 16.9 Å². The van der Waals surface area contributed by atoms with Gasteiger partial charge in [0.2, 0.25) is 0 Å². The number of ether oxygens (including phenoxy) is 1. The van der Waals surface area contributed by atoms with Crippen molar-refractivity contribution >= 4 is 22.8 Å². The van der Waals surface area contributed by atoms with Gasteiger partial charge < -0.3 is 4.74 Å². The summed E-state index contributed by atoms with van der Waals surface area (Å²) in [5.41, 5.74) is 4.57. The summed E-state index contributed by atoms with van der Waals surface area (Å²) in [6, 6.07) is 11.9. The van der Waals surface area contributed by atoms with Gasteiger partial charge in [-0.05, 0) is 24.4 Å². The predicted molar refractivity (Wildman–Crippen MR) is 107 cm³/mol. The smallest absolute Gasteiger partial charge is 0.185 e. The summed E-state index contributed by atoms with van der Waals surface area (Å²) in [5.74, 6) is 0.945. The van der Waals surface area contributed by atoms with Crippen LogP contribution in [0.15, 0.2) is 41.8 Å². The Morgan fingerprint density at radius 1 is 1.14 bits per heavy atom. The number of thiophene rings is 1. The first-order valence-electron chi connectivity index (χ1n) is 9.12. The zero-order valence-corrected chi connectivity index (χ0v) is 16.4. The van der Waals surface area contributed by atoms with Crippen molar-refractivity contribution in [3.63, 3.8) is 0 Å². The van der Waals surface area contributed by atoms with Crippen LogP contribution < -0.4 is 4.74 Å². The van der Waals surface area contributed by atoms with E-state index in [-0.39, 0.29) is 11.7 Å². The largest absolute Gasteiger partial charge is 0.496 e. The summed E-state index contributed by atoms with van der Waals surface area (Å²) in [6.07, 6.45) is 1.19. The average Bonchev–Trinajstić information content (AvgIpc) is 3.35. The molecule has 6 nitrogen and oxygen atoms in total. The number of ketones is 1. The predicted octanol–water partition coefficient (Wildman–Crippen LogP) is 4.08. The molecule has 0 unspecified atom stereocenters. The molecule has 0 spiro atoms. The lowest BCUT2D eigenvalue weighted by Gasteiger charge is -2.21. The number of aromatic nitrogens is 4. The quantitative estimate of drug-likeness (QED) is 0.527. The molecule has 0 fully saturated rings. The highest BCUT2D eigenvalue weighted by Crippen LogP contribution is 2.37. The summed E-state index contributed by atoms with van der Waals surface area (Å²) in [7, 11) is 1.65. The molecule has 0 saturated carbocycles. The molecule has 5 rings (SSSR count). The third-order valence-corrected chi connectivity index (χ3v) is 6.30. The molecule has 3 aromatic heterocycles. The highest BCUT2D eigenvalue weighted by molar-refractivity contribution is 7.10. The first-order valence-corrected chi connectivity index (χ1v) is 10.00. The summed E-state index contributed by atoms with van der Waals surface area (Å²) >= 11 is 1.69. The third-order valence-electron chi connectivity index (χ3n) is 5.27. The summed E-state index contributed by atoms with van der Waals surface area (Å²) < 4.78 is 7.33. The van der Waals surface area contributed by atoms with Crippen LogP contribution in [-0.4, -0.2) is 32.7 Å². The second-order valence-corrected chi connectivity index (χ2v) is 7.91. The monoisotopic (exact) mass is 390 g/mol. The van der Waals surface area contributed by atoms with Gasteiger partial charge in [-0.3, -0.25) is 4.79 Å². The lowest BCUT2D eigenvalue weighted by Crippen LogP contribution is -2.23. The number of methoxy groups -OCH3 is 1. The Bertz CT molecular complexity index is 1200. The van der Waals surface area contributed by atoms with Gasteiger partial charge in [0, 0.05) is 29.2 Å². The zero-order chi connectivity index (χ0) is 19.3. The molecule has 4 aromatic rings. The topological polar surface area (TPSA) is 69.4 Å². The van der Waals surface area contributed by atoms with Crippen LogP contribution in [-0.2, 0) is 6.42 Å². The minimum atomic E-state index is 0.0287. The van der Waals surface area contributed by atoms with Gasteiger partial charge in [0.15, 0.2) is 17.1 Å². The molecule has 0 amide bonds. The van der Waals surface area contributed by atoms with E-state index in [0.29, 0.717) is 17.8 Å². The van der Waals surface area contributed by atoms with Gasteiger partial charge in [-0.25, -0.2) is 4.52 Å². The maximum atomic E-state index is 12.7. The average molecular weight is 390 g/mol. The van der Waals surface area contributed by atoms with Crippen LogP contribution in [0.25, 0.3) is 16.8 Å². The van der Waals surface area contributed by atoms with Crippen LogP contribution in [0, 0.1) is 6.92 Å². The van der Waals surface area contributed by atoms with E-state index >= 15 is 0 Å². The van der Waals surface area contributed by atoms with Crippen LogP contribution >= 0.6 is 11.3 Å². The van der Waals surface area contributed by atoms with Crippen molar-refractivity contribution in [3.05, 3.63) is 63.7 Å². The Morgan fingerprint density at radius 3 is 2.79 bits per heavy atom. The number of para-hydroxylation sites is 1. The number of nitrogens with zero attached hydrogens (tertiary/aromatic N) is 4. The molecule has 0 bridgehead atoms. The van der Waals surface area contributed by atoms with Crippen molar-refractivity contribution in [2.75, 3.05) is 7.11 Å². The van der Waals surface area contributed by atoms with Crippen molar-refractivity contribution in [2.45, 2.75) is 25.7 Å². The molecule has 1 aliphatic rings. The Balaban J connectivity index is 1.71. The van der Waals surface area contributed by atoms with Gasteiger partial charge in [-0.2, -0.15) is 5.10 Å². The fourth-order valence-corrected chi connectivity index (χ4v) is 4.80. The van der Waals surface area contributed by atoms with E-state index in [2.05, 4.69) is 16.3 Å². The van der Waals surface area contributed by atoms with E-state index in [0.717, 1.165) is 34.7 Å². The number of benzene rings is 1. The molecule has 0 N–H and O–H groups in total. The molecule has 1 atom stereocenters. The molecule has 3 heterocycles. The molecule has 0 radical (unpaired) electrons. The van der Waals surface area contributed by atoms with Gasteiger partial charge in [0.1, 0.15) is 5.75 Å². The molecular weight excluding hydrogens is 372 g/mol. The number of fused-ring (bicyclic) bond motifs is 3. The van der Waals surface area contributed by atoms with Crippen LogP contribution in [0.3, 0.4) is 0 Å². The number of hydrogen-bond donors (Lipinski definition) is 0. The lowest BCUT2D eigenvalue weighted by atomic mass is 9.87. The van der Waals surface area contributed by atoms with Crippen molar-refractivity contribution in [2.24, 2.45) is 0 Å². The van der Waals surface area contributed by atoms with Gasteiger partial charge >= 0.3 is 0 Å². The lowest BCUT2D eigenvalue weighted by molar-refractivity contribution is 0.0956. The first kappa shape index (κ1) is 17.1. The van der Waals surface area contributed by atoms with E-state index in [4.69, 9.17) is 9.84 Å². The number of hydrogen-bond acceptors (Lipinski definition) is 6. The highest BCUT2D eigenvalue weighted by Gasteiger charge is 2.32. The first-order chi connectivity index (χ1) is 13.7. The molecular formula is C21H18N4O2S. The highest BCUT2D eigenvalue weighted by atomic mass is 32.1. The Morgan fingerprint density at radius 2 is 2.00 bits per heavy atom. The van der Waals surface area contributed by atoms with Crippen molar-refractivity contribution in [1.82, 2.24) is 19.8 Å². The fourth-order valence-electron chi connectivity index (χ4n) is 3.97. The van der Waals surface area contributed by atoms with Crippen LogP contribution in [0.1, 0.15) is 39.1 Å². The summed E-state index contributed by atoms with van der Waals surface area (Å²) in [4.78, 5) is 14.0. The standard InChI is InChI=1S/C21H18N4O2S/c1-12-19(14-6-3-4-7-17(14)27-2)21-23-22-20-15(25(21)24-12)10-13(11-16(20)26)18-8-5-9-28-18/h3-9,13H,10-11H2,1-2H3/t13-/m1/s1. The Hall–Kier alpha value is -3.06. The van der Waals surface area contributed by atoms with E-state index in [1.54, 1.807) is 23.0 Å². The minimum absolute atomic E-state index is 0.0287. The molecule has 28 heavy (non-hydrogen) atoms. The van der Waals surface area contributed by atoms with E-state index < -0.39 is 0 Å². The molecule has 7 heteroatoms. The molecule has 0 saturated heterocycles. The normalized spacial score (nSPS) is 16.4. The Labute approximate surface area is 165 Å². The Kier molecular flexibility index (Phi) is 3.98. The maximum absolute atomic E-state index is 12.7. The number of Topliss-reactive ketones (excluding diaryl/α,β-unsaturated/α-hetero) is 1. The van der Waals surface area contributed by atoms with E-state index in [9.17, 15) is 4.79 Å². The maximum Gasteiger partial charge on any atom is 0.185 e. The second-order valence-electron chi connectivity index (χ2n) is 6.94. The SMILES string of the molecule is COc1ccccc1-c1c(C)nn2c3c(nnc12)C(=O)C[C@H](c1cccs1)C3. The van der Waals surface area contributed by atoms with Gasteiger partial charge in [-0.15, -0.1) is 21.5 Å². The van der Waals surface area contributed by atoms with Crippen molar-refractivity contribution in [1.29, 1.82) is 0 Å². The van der Waals surface area contributed by atoms with Crippen molar-refractivity contribution < 1.29 is 9.53 Å². The van der Waals surface area contributed by atoms with Crippen LogP contribution in [0.2, 0.25) is 0 Å². The van der Waals surface area contributed by atoms with Gasteiger partial charge in [0.05, 0.1) is 24.1 Å². The van der Waals surface area contributed by atoms with E-state index in [1.807, 2.05) is 42.6 Å². The van der Waals surface area contributed by atoms with Crippen LogP contribution in [0.5, 0.6) is 5.75 Å². The molecule has 140 valence electrons. The molecule has 0 aliphatic heterocycles. The van der Waals surface area contributed by atoms with E-state index in [1.165, 1.54) is 4.88 Å². The molecule has 1 aliphatic carbocycles. The summed E-state index contributed by atoms with van der Waals surface area (Å²) in [6.45, 7) is 1.95.